The van der Waals surface area contributed by atoms with Crippen LogP contribution in [-0.4, -0.2) is 4.98 Å². The first-order chi connectivity index (χ1) is 6.84. The summed E-state index contributed by atoms with van der Waals surface area (Å²) in [5.41, 5.74) is 2.12. The fourth-order valence-corrected chi connectivity index (χ4v) is 1.92. The van der Waals surface area contributed by atoms with Gasteiger partial charge in [0.05, 0.1) is 5.69 Å². The van der Waals surface area contributed by atoms with Gasteiger partial charge in [-0.2, -0.15) is 0 Å². The van der Waals surface area contributed by atoms with Crippen molar-refractivity contribution in [2.75, 3.05) is 0 Å². The molecule has 1 saturated carbocycles. The summed E-state index contributed by atoms with van der Waals surface area (Å²) in [4.78, 5) is 4.34. The molecular formula is C12H7ClN. The number of fused-ring (bicyclic) bond motifs is 3. The third-order valence-corrected chi connectivity index (χ3v) is 2.65. The SMILES string of the molecule is Clc1ccc2c(n1)[C]1[CH][CH][CH][C]1C=C2. The number of hydrogen-bond donors (Lipinski definition) is 0. The maximum absolute atomic E-state index is 5.87. The van der Waals surface area contributed by atoms with Crippen LogP contribution in [0.5, 0.6) is 0 Å². The van der Waals surface area contributed by atoms with Gasteiger partial charge in [0.2, 0.25) is 0 Å². The van der Waals surface area contributed by atoms with Crippen molar-refractivity contribution in [1.29, 1.82) is 0 Å². The first kappa shape index (κ1) is 8.49. The van der Waals surface area contributed by atoms with E-state index >= 15 is 0 Å². The molecule has 2 aliphatic rings. The van der Waals surface area contributed by atoms with E-state index in [0.29, 0.717) is 5.15 Å². The number of aromatic nitrogens is 1. The van der Waals surface area contributed by atoms with Crippen molar-refractivity contribution in [3.8, 4) is 0 Å². The summed E-state index contributed by atoms with van der Waals surface area (Å²) in [7, 11) is 0. The molecule has 5 radical (unpaired) electrons. The van der Waals surface area contributed by atoms with Crippen LogP contribution >= 0.6 is 11.6 Å². The summed E-state index contributed by atoms with van der Waals surface area (Å²) >= 11 is 5.87. The molecule has 1 aromatic rings. The molecule has 2 aliphatic carbocycles. The Morgan fingerprint density at radius 3 is 2.93 bits per heavy atom. The van der Waals surface area contributed by atoms with Gasteiger partial charge in [-0.3, -0.25) is 0 Å². The second kappa shape index (κ2) is 3.09. The highest BCUT2D eigenvalue weighted by atomic mass is 35.5. The van der Waals surface area contributed by atoms with Gasteiger partial charge < -0.3 is 0 Å². The normalized spacial score (nSPS) is 20.9. The Kier molecular flexibility index (Phi) is 1.88. The monoisotopic (exact) mass is 200 g/mol. The third kappa shape index (κ3) is 1.19. The molecule has 0 unspecified atom stereocenters. The van der Waals surface area contributed by atoms with Gasteiger partial charge in [0.1, 0.15) is 5.15 Å². The van der Waals surface area contributed by atoms with Crippen molar-refractivity contribution in [2.45, 2.75) is 0 Å². The van der Waals surface area contributed by atoms with Crippen LogP contribution in [-0.2, 0) is 0 Å². The summed E-state index contributed by atoms with van der Waals surface area (Å²) in [5, 5.41) is 0.547. The number of halogens is 1. The average Bonchev–Trinajstić information content (AvgIpc) is 2.65. The number of nitrogens with zero attached hydrogens (tertiary/aromatic N) is 1. The molecular weight excluding hydrogens is 194 g/mol. The van der Waals surface area contributed by atoms with Crippen LogP contribution in [0, 0.1) is 31.1 Å². The predicted molar refractivity (Wildman–Crippen MR) is 56.8 cm³/mol. The van der Waals surface area contributed by atoms with E-state index in [1.54, 1.807) is 0 Å². The number of pyridine rings is 1. The van der Waals surface area contributed by atoms with Crippen LogP contribution in [0.25, 0.3) is 6.08 Å². The zero-order valence-corrected chi connectivity index (χ0v) is 8.12. The van der Waals surface area contributed by atoms with Gasteiger partial charge in [0.25, 0.3) is 0 Å². The maximum atomic E-state index is 5.87. The average molecular weight is 201 g/mol. The molecule has 67 valence electrons. The van der Waals surface area contributed by atoms with Gasteiger partial charge in [0.15, 0.2) is 0 Å². The molecule has 2 heteroatoms. The zero-order valence-electron chi connectivity index (χ0n) is 7.37. The molecule has 0 saturated heterocycles. The van der Waals surface area contributed by atoms with Crippen molar-refractivity contribution in [3.63, 3.8) is 0 Å². The molecule has 14 heavy (non-hydrogen) atoms. The summed E-state index contributed by atoms with van der Waals surface area (Å²) in [6.07, 6.45) is 10.4. The lowest BCUT2D eigenvalue weighted by Crippen LogP contribution is -2.11. The Morgan fingerprint density at radius 1 is 1.07 bits per heavy atom. The Bertz CT molecular complexity index is 397. The van der Waals surface area contributed by atoms with Crippen molar-refractivity contribution in [2.24, 2.45) is 0 Å². The largest absolute Gasteiger partial charge is 0.240 e. The lowest BCUT2D eigenvalue weighted by molar-refractivity contribution is 1.07. The Balaban J connectivity index is 2.13. The van der Waals surface area contributed by atoms with Crippen LogP contribution < -0.4 is 0 Å². The number of rotatable bonds is 0. The highest BCUT2D eigenvalue weighted by Gasteiger charge is 2.33. The molecule has 1 nitrogen and oxygen atoms in total. The molecule has 0 aromatic carbocycles. The van der Waals surface area contributed by atoms with Crippen LogP contribution in [0.3, 0.4) is 0 Å². The molecule has 1 heterocycles. The molecule has 0 aliphatic heterocycles. The molecule has 0 spiro atoms. The van der Waals surface area contributed by atoms with Crippen molar-refractivity contribution in [1.82, 2.24) is 4.98 Å². The smallest absolute Gasteiger partial charge is 0.129 e. The van der Waals surface area contributed by atoms with Crippen LogP contribution in [0.4, 0.5) is 0 Å². The topological polar surface area (TPSA) is 12.9 Å². The van der Waals surface area contributed by atoms with E-state index < -0.39 is 0 Å². The highest BCUT2D eigenvalue weighted by Crippen LogP contribution is 2.43. The Labute approximate surface area is 88.8 Å². The quantitative estimate of drug-likeness (QED) is 0.587. The van der Waals surface area contributed by atoms with Crippen LogP contribution in [0.2, 0.25) is 5.15 Å². The summed E-state index contributed by atoms with van der Waals surface area (Å²) < 4.78 is 0. The van der Waals surface area contributed by atoms with E-state index in [-0.39, 0.29) is 0 Å². The van der Waals surface area contributed by atoms with E-state index in [4.69, 9.17) is 11.6 Å². The molecule has 0 amide bonds. The van der Waals surface area contributed by atoms with Gasteiger partial charge >= 0.3 is 0 Å². The standard InChI is InChI=1S/C12H7ClN/c13-11-7-6-9-5-4-8-2-1-3-10(8)12(9)14-11/h1-7H. The van der Waals surface area contributed by atoms with E-state index in [1.807, 2.05) is 18.6 Å². The molecule has 1 fully saturated rings. The van der Waals surface area contributed by atoms with Crippen LogP contribution in [0.15, 0.2) is 18.2 Å². The summed E-state index contributed by atoms with van der Waals surface area (Å²) in [6.45, 7) is 0. The van der Waals surface area contributed by atoms with Gasteiger partial charge in [-0.1, -0.05) is 29.8 Å². The zero-order chi connectivity index (χ0) is 9.54. The van der Waals surface area contributed by atoms with Gasteiger partial charge in [-0.25, -0.2) is 4.98 Å². The minimum Gasteiger partial charge on any atom is -0.240 e. The molecule has 0 N–H and O–H groups in total. The van der Waals surface area contributed by atoms with E-state index in [0.717, 1.165) is 11.3 Å². The van der Waals surface area contributed by atoms with Crippen LogP contribution in [0.1, 0.15) is 11.3 Å². The Morgan fingerprint density at radius 2 is 2.00 bits per heavy atom. The predicted octanol–water partition coefficient (Wildman–Crippen LogP) is 2.89. The van der Waals surface area contributed by atoms with Crippen molar-refractivity contribution >= 4 is 17.7 Å². The van der Waals surface area contributed by atoms with E-state index in [1.165, 1.54) is 11.8 Å². The second-order valence-electron chi connectivity index (χ2n) is 3.30. The molecule has 0 bridgehead atoms. The maximum Gasteiger partial charge on any atom is 0.129 e. The fourth-order valence-electron chi connectivity index (χ4n) is 1.77. The minimum atomic E-state index is 0.547. The van der Waals surface area contributed by atoms with Gasteiger partial charge in [0, 0.05) is 11.8 Å². The lowest BCUT2D eigenvalue weighted by Gasteiger charge is -2.20. The summed E-state index contributed by atoms with van der Waals surface area (Å²) in [5.74, 6) is 2.39. The Hall–Kier alpha value is -0.820. The first-order valence-electron chi connectivity index (χ1n) is 4.45. The first-order valence-corrected chi connectivity index (χ1v) is 4.83. The van der Waals surface area contributed by atoms with E-state index in [2.05, 4.69) is 30.0 Å². The molecule has 3 rings (SSSR count). The summed E-state index contributed by atoms with van der Waals surface area (Å²) in [6, 6.07) is 3.82. The fraction of sp³-hybridized carbons (Fsp3) is 0. The minimum absolute atomic E-state index is 0.547. The number of hydrogen-bond acceptors (Lipinski definition) is 1. The lowest BCUT2D eigenvalue weighted by atomic mass is 9.85. The van der Waals surface area contributed by atoms with Crippen molar-refractivity contribution < 1.29 is 0 Å². The third-order valence-electron chi connectivity index (χ3n) is 2.44. The van der Waals surface area contributed by atoms with Gasteiger partial charge in [-0.05, 0) is 30.9 Å². The highest BCUT2D eigenvalue weighted by molar-refractivity contribution is 6.29. The molecule has 1 aromatic heterocycles. The second-order valence-corrected chi connectivity index (χ2v) is 3.69. The van der Waals surface area contributed by atoms with Crippen molar-refractivity contribution in [3.05, 3.63) is 65.7 Å². The molecule has 0 atom stereocenters. The number of allylic oxidation sites excluding steroid dienone is 1. The van der Waals surface area contributed by atoms with Gasteiger partial charge in [-0.15, -0.1) is 0 Å². The van der Waals surface area contributed by atoms with E-state index in [9.17, 15) is 0 Å².